The van der Waals surface area contributed by atoms with Crippen molar-refractivity contribution < 1.29 is 4.74 Å². The number of benzene rings is 1. The molecule has 1 saturated heterocycles. The van der Waals surface area contributed by atoms with Crippen LogP contribution in [0.15, 0.2) is 30.9 Å². The molecule has 0 saturated carbocycles. The molecule has 0 spiro atoms. The molecule has 0 atom stereocenters. The molecule has 27 heavy (non-hydrogen) atoms. The van der Waals surface area contributed by atoms with Crippen LogP contribution in [-0.2, 0) is 12.8 Å². The van der Waals surface area contributed by atoms with Crippen molar-refractivity contribution in [3.63, 3.8) is 0 Å². The number of piperazine rings is 1. The molecule has 0 N–H and O–H groups in total. The van der Waals surface area contributed by atoms with E-state index < -0.39 is 0 Å². The Morgan fingerprint density at radius 1 is 0.889 bits per heavy atom. The number of rotatable bonds is 3. The second-order valence-electron chi connectivity index (χ2n) is 7.03. The quantitative estimate of drug-likeness (QED) is 0.708. The summed E-state index contributed by atoms with van der Waals surface area (Å²) in [6.45, 7) is 3.84. The molecule has 1 aromatic carbocycles. The average molecular weight is 362 g/mol. The van der Waals surface area contributed by atoms with E-state index in [1.807, 2.05) is 6.07 Å². The largest absolute Gasteiger partial charge is 0.480 e. The first-order chi connectivity index (χ1) is 13.3. The lowest BCUT2D eigenvalue weighted by atomic mass is 10.1. The number of aromatic nitrogens is 4. The molecule has 1 aliphatic heterocycles. The van der Waals surface area contributed by atoms with Crippen molar-refractivity contribution in [3.8, 4) is 5.88 Å². The third-order valence-electron chi connectivity index (χ3n) is 5.57. The van der Waals surface area contributed by atoms with Crippen LogP contribution in [0.4, 0.5) is 11.5 Å². The molecule has 138 valence electrons. The lowest BCUT2D eigenvalue weighted by Crippen LogP contribution is -2.47. The highest BCUT2D eigenvalue weighted by molar-refractivity contribution is 5.86. The molecule has 3 heterocycles. The van der Waals surface area contributed by atoms with Crippen molar-refractivity contribution in [3.05, 3.63) is 42.1 Å². The number of ether oxygens (including phenoxy) is 1. The highest BCUT2D eigenvalue weighted by Gasteiger charge is 2.24. The molecule has 0 amide bonds. The summed E-state index contributed by atoms with van der Waals surface area (Å²) in [5, 5.41) is 0.952. The molecule has 5 rings (SSSR count). The van der Waals surface area contributed by atoms with Gasteiger partial charge < -0.3 is 14.5 Å². The van der Waals surface area contributed by atoms with E-state index in [-0.39, 0.29) is 0 Å². The van der Waals surface area contributed by atoms with Crippen LogP contribution in [0.2, 0.25) is 0 Å². The van der Waals surface area contributed by atoms with Crippen molar-refractivity contribution in [1.29, 1.82) is 0 Å². The minimum absolute atomic E-state index is 0.622. The van der Waals surface area contributed by atoms with Gasteiger partial charge in [-0.25, -0.2) is 19.9 Å². The molecule has 7 heteroatoms. The van der Waals surface area contributed by atoms with Crippen LogP contribution in [0, 0.1) is 0 Å². The van der Waals surface area contributed by atoms with Gasteiger partial charge in [-0.15, -0.1) is 0 Å². The normalized spacial score (nSPS) is 16.6. The van der Waals surface area contributed by atoms with Crippen LogP contribution in [0.1, 0.15) is 17.7 Å². The molecular weight excluding hydrogens is 340 g/mol. The summed E-state index contributed by atoms with van der Waals surface area (Å²) in [4.78, 5) is 22.4. The lowest BCUT2D eigenvalue weighted by Gasteiger charge is -2.37. The van der Waals surface area contributed by atoms with Crippen LogP contribution in [0.5, 0.6) is 5.88 Å². The first kappa shape index (κ1) is 16.2. The van der Waals surface area contributed by atoms with Crippen molar-refractivity contribution in [2.75, 3.05) is 43.1 Å². The molecule has 1 fully saturated rings. The SMILES string of the molecule is COc1ncnc2ccc(N3CCN(c4ncnc5c4CCC5)CC3)cc12. The molecule has 2 aliphatic rings. The fourth-order valence-corrected chi connectivity index (χ4v) is 4.17. The average Bonchev–Trinajstić information content (AvgIpc) is 3.22. The molecule has 0 radical (unpaired) electrons. The zero-order valence-corrected chi connectivity index (χ0v) is 15.4. The molecular formula is C20H22N6O. The van der Waals surface area contributed by atoms with E-state index in [4.69, 9.17) is 4.74 Å². The minimum Gasteiger partial charge on any atom is -0.480 e. The summed E-state index contributed by atoms with van der Waals surface area (Å²) in [7, 11) is 1.65. The Balaban J connectivity index is 1.36. The third-order valence-corrected chi connectivity index (χ3v) is 5.57. The van der Waals surface area contributed by atoms with Crippen molar-refractivity contribution in [2.24, 2.45) is 0 Å². The van der Waals surface area contributed by atoms with Crippen LogP contribution in [-0.4, -0.2) is 53.2 Å². The second kappa shape index (κ2) is 6.64. The Kier molecular flexibility index (Phi) is 3.99. The van der Waals surface area contributed by atoms with Crippen LogP contribution >= 0.6 is 0 Å². The van der Waals surface area contributed by atoms with Gasteiger partial charge in [0, 0.05) is 43.1 Å². The molecule has 0 bridgehead atoms. The van der Waals surface area contributed by atoms with Crippen LogP contribution in [0.3, 0.4) is 0 Å². The summed E-state index contributed by atoms with van der Waals surface area (Å²) in [6.07, 6.45) is 6.66. The zero-order valence-electron chi connectivity index (χ0n) is 15.4. The van der Waals surface area contributed by atoms with Gasteiger partial charge in [0.15, 0.2) is 0 Å². The predicted molar refractivity (Wildman–Crippen MR) is 105 cm³/mol. The maximum Gasteiger partial charge on any atom is 0.224 e. The van der Waals surface area contributed by atoms with Gasteiger partial charge in [0.1, 0.15) is 18.5 Å². The van der Waals surface area contributed by atoms with E-state index in [2.05, 4.69) is 41.9 Å². The Morgan fingerprint density at radius 3 is 2.56 bits per heavy atom. The minimum atomic E-state index is 0.622. The van der Waals surface area contributed by atoms with E-state index >= 15 is 0 Å². The predicted octanol–water partition coefficient (Wildman–Crippen LogP) is 2.24. The lowest BCUT2D eigenvalue weighted by molar-refractivity contribution is 0.402. The number of anilines is 2. The molecule has 2 aromatic heterocycles. The molecule has 0 unspecified atom stereocenters. The summed E-state index contributed by atoms with van der Waals surface area (Å²) in [5.41, 5.74) is 4.69. The second-order valence-corrected chi connectivity index (χ2v) is 7.03. The van der Waals surface area contributed by atoms with Crippen molar-refractivity contribution in [1.82, 2.24) is 19.9 Å². The fraction of sp³-hybridized carbons (Fsp3) is 0.400. The number of methoxy groups -OCH3 is 1. The van der Waals surface area contributed by atoms with E-state index in [1.165, 1.54) is 23.4 Å². The van der Waals surface area contributed by atoms with Gasteiger partial charge in [-0.3, -0.25) is 0 Å². The van der Waals surface area contributed by atoms with Crippen molar-refractivity contribution >= 4 is 22.4 Å². The zero-order chi connectivity index (χ0) is 18.2. The Labute approximate surface area is 158 Å². The maximum atomic E-state index is 5.40. The Bertz CT molecular complexity index is 983. The molecule has 1 aliphatic carbocycles. The van der Waals surface area contributed by atoms with E-state index in [0.29, 0.717) is 5.88 Å². The van der Waals surface area contributed by atoms with Crippen LogP contribution < -0.4 is 14.5 Å². The summed E-state index contributed by atoms with van der Waals surface area (Å²) >= 11 is 0. The molecule has 3 aromatic rings. The highest BCUT2D eigenvalue weighted by atomic mass is 16.5. The van der Waals surface area contributed by atoms with Crippen molar-refractivity contribution in [2.45, 2.75) is 19.3 Å². The van der Waals surface area contributed by atoms with Gasteiger partial charge in [-0.1, -0.05) is 0 Å². The van der Waals surface area contributed by atoms with Gasteiger partial charge in [0.25, 0.3) is 0 Å². The van der Waals surface area contributed by atoms with Gasteiger partial charge in [-0.2, -0.15) is 0 Å². The summed E-state index contributed by atoms with van der Waals surface area (Å²) in [6, 6.07) is 6.30. The van der Waals surface area contributed by atoms with Crippen LogP contribution in [0.25, 0.3) is 10.9 Å². The van der Waals surface area contributed by atoms with Gasteiger partial charge in [0.05, 0.1) is 18.0 Å². The summed E-state index contributed by atoms with van der Waals surface area (Å²) in [5.74, 6) is 1.77. The topological polar surface area (TPSA) is 67.3 Å². The highest BCUT2D eigenvalue weighted by Crippen LogP contribution is 2.30. The maximum absolute atomic E-state index is 5.40. The van der Waals surface area contributed by atoms with Gasteiger partial charge in [-0.05, 0) is 37.5 Å². The number of nitrogens with zero attached hydrogens (tertiary/aromatic N) is 6. The van der Waals surface area contributed by atoms with E-state index in [1.54, 1.807) is 19.8 Å². The Hall–Kier alpha value is -2.96. The third kappa shape index (κ3) is 2.83. The molecule has 7 nitrogen and oxygen atoms in total. The number of fused-ring (bicyclic) bond motifs is 2. The number of hydrogen-bond acceptors (Lipinski definition) is 7. The smallest absolute Gasteiger partial charge is 0.224 e. The standard InChI is InChI=1S/C20H22N6O/c1-27-20-16-11-14(5-6-18(16)22-13-24-20)25-7-9-26(10-8-25)19-15-3-2-4-17(15)21-12-23-19/h5-6,11-13H,2-4,7-10H2,1H3. The van der Waals surface area contributed by atoms with Gasteiger partial charge in [0.2, 0.25) is 5.88 Å². The number of hydrogen-bond donors (Lipinski definition) is 0. The van der Waals surface area contributed by atoms with E-state index in [0.717, 1.165) is 55.7 Å². The monoisotopic (exact) mass is 362 g/mol. The first-order valence-corrected chi connectivity index (χ1v) is 9.45. The number of aryl methyl sites for hydroxylation is 1. The Morgan fingerprint density at radius 2 is 1.70 bits per heavy atom. The fourth-order valence-electron chi connectivity index (χ4n) is 4.17. The van der Waals surface area contributed by atoms with Gasteiger partial charge >= 0.3 is 0 Å². The summed E-state index contributed by atoms with van der Waals surface area (Å²) < 4.78 is 5.40. The first-order valence-electron chi connectivity index (χ1n) is 9.45. The van der Waals surface area contributed by atoms with E-state index in [9.17, 15) is 0 Å².